The molecule has 2 heterocycles. The number of carbonyl (C=O) groups excluding carboxylic acids is 1. The van der Waals surface area contributed by atoms with Gasteiger partial charge in [0, 0.05) is 18.5 Å². The molecule has 1 aromatic heterocycles. The summed E-state index contributed by atoms with van der Waals surface area (Å²) in [6.45, 7) is 6.95. The molecule has 1 amide bonds. The Hall–Kier alpha value is -1.99. The summed E-state index contributed by atoms with van der Waals surface area (Å²) in [6.07, 6.45) is -0.110. The number of nitrogens with one attached hydrogen (secondary N) is 1. The maximum atomic E-state index is 14.0. The van der Waals surface area contributed by atoms with Crippen LogP contribution in [0, 0.1) is 23.6 Å². The summed E-state index contributed by atoms with van der Waals surface area (Å²) in [4.78, 5) is 19.0. The number of halogens is 1. The van der Waals surface area contributed by atoms with Gasteiger partial charge in [0.25, 0.3) is 5.91 Å². The van der Waals surface area contributed by atoms with Crippen LogP contribution in [0.3, 0.4) is 0 Å². The number of nitrogens with zero attached hydrogens (tertiary/aromatic N) is 2. The average molecular weight is 389 g/mol. The number of carbonyl (C=O) groups is 1. The molecule has 0 radical (unpaired) electrons. The summed E-state index contributed by atoms with van der Waals surface area (Å²) < 4.78 is 19.6. The topological polar surface area (TPSA) is 54.5 Å². The largest absolute Gasteiger partial charge is 0.488 e. The van der Waals surface area contributed by atoms with Crippen molar-refractivity contribution in [3.63, 3.8) is 0 Å². The lowest BCUT2D eigenvalue weighted by molar-refractivity contribution is 0.0723. The Morgan fingerprint density at radius 3 is 2.85 bits per heavy atom. The lowest BCUT2D eigenvalue weighted by Crippen LogP contribution is -2.34. The normalized spacial score (nSPS) is 23.3. The molecule has 2 aromatic rings. The quantitative estimate of drug-likeness (QED) is 0.790. The Morgan fingerprint density at radius 1 is 1.41 bits per heavy atom. The zero-order valence-electron chi connectivity index (χ0n) is 15.5. The van der Waals surface area contributed by atoms with Gasteiger partial charge >= 0.3 is 0 Å². The minimum Gasteiger partial charge on any atom is -0.488 e. The third kappa shape index (κ3) is 3.99. The molecule has 2 unspecified atom stereocenters. The third-order valence-electron chi connectivity index (χ3n) is 5.37. The van der Waals surface area contributed by atoms with Gasteiger partial charge in [0.15, 0.2) is 11.6 Å². The monoisotopic (exact) mass is 389 g/mol. The number of aromatic nitrogens is 1. The standard InChI is InChI=1S/C20H24FN3O2S/c1-12(2)26-19-5-13(3-4-17(19)21)8-24(20(25)18-10-27-11-23-18)9-16-14-6-22-7-15(14)16/h3-5,10-12,14-16,22H,6-9H2,1-2H3. The minimum atomic E-state index is -0.382. The van der Waals surface area contributed by atoms with Crippen molar-refractivity contribution in [2.75, 3.05) is 19.6 Å². The van der Waals surface area contributed by atoms with E-state index in [4.69, 9.17) is 4.74 Å². The summed E-state index contributed by atoms with van der Waals surface area (Å²) in [5, 5.41) is 5.17. The Morgan fingerprint density at radius 2 is 2.19 bits per heavy atom. The maximum Gasteiger partial charge on any atom is 0.273 e. The molecule has 1 N–H and O–H groups in total. The Labute approximate surface area is 162 Å². The van der Waals surface area contributed by atoms with Gasteiger partial charge in [0.2, 0.25) is 0 Å². The zero-order chi connectivity index (χ0) is 19.0. The third-order valence-corrected chi connectivity index (χ3v) is 5.96. The molecule has 27 heavy (non-hydrogen) atoms. The highest BCUT2D eigenvalue weighted by Crippen LogP contribution is 2.49. The van der Waals surface area contributed by atoms with E-state index in [0.717, 1.165) is 18.7 Å². The predicted molar refractivity (Wildman–Crippen MR) is 102 cm³/mol. The van der Waals surface area contributed by atoms with Crippen LogP contribution in [-0.2, 0) is 6.54 Å². The second kappa shape index (κ2) is 7.56. The average Bonchev–Trinajstić information content (AvgIpc) is 3.08. The van der Waals surface area contributed by atoms with Crippen LogP contribution in [0.4, 0.5) is 4.39 Å². The van der Waals surface area contributed by atoms with Gasteiger partial charge < -0.3 is 15.0 Å². The molecule has 1 saturated heterocycles. The second-order valence-corrected chi connectivity index (χ2v) is 8.36. The first kappa shape index (κ1) is 18.4. The molecule has 7 heteroatoms. The van der Waals surface area contributed by atoms with E-state index in [1.165, 1.54) is 17.4 Å². The SMILES string of the molecule is CC(C)Oc1cc(CN(CC2C3CNCC32)C(=O)c2cscn2)ccc1F. The van der Waals surface area contributed by atoms with E-state index < -0.39 is 0 Å². The maximum absolute atomic E-state index is 14.0. The van der Waals surface area contributed by atoms with E-state index in [9.17, 15) is 9.18 Å². The van der Waals surface area contributed by atoms with Gasteiger partial charge in [-0.05, 0) is 62.4 Å². The number of fused-ring (bicyclic) bond motifs is 1. The van der Waals surface area contributed by atoms with Crippen molar-refractivity contribution in [3.8, 4) is 5.75 Å². The molecule has 1 aliphatic carbocycles. The van der Waals surface area contributed by atoms with Gasteiger partial charge in [-0.15, -0.1) is 11.3 Å². The first-order valence-electron chi connectivity index (χ1n) is 9.36. The van der Waals surface area contributed by atoms with Gasteiger partial charge in [0.05, 0.1) is 11.6 Å². The van der Waals surface area contributed by atoms with Gasteiger partial charge in [-0.25, -0.2) is 9.37 Å². The number of hydrogen-bond acceptors (Lipinski definition) is 5. The van der Waals surface area contributed by atoms with E-state index in [0.29, 0.717) is 36.5 Å². The number of amides is 1. The van der Waals surface area contributed by atoms with Gasteiger partial charge in [-0.1, -0.05) is 6.07 Å². The zero-order valence-corrected chi connectivity index (χ0v) is 16.3. The molecule has 1 aromatic carbocycles. The van der Waals surface area contributed by atoms with E-state index >= 15 is 0 Å². The van der Waals surface area contributed by atoms with E-state index in [1.54, 1.807) is 23.0 Å². The molecule has 1 aliphatic heterocycles. The lowest BCUT2D eigenvalue weighted by Gasteiger charge is -2.23. The molecule has 1 saturated carbocycles. The van der Waals surface area contributed by atoms with Crippen LogP contribution in [0.15, 0.2) is 29.1 Å². The molecular weight excluding hydrogens is 365 g/mol. The van der Waals surface area contributed by atoms with Crippen molar-refractivity contribution in [2.24, 2.45) is 17.8 Å². The summed E-state index contributed by atoms with van der Waals surface area (Å²) in [7, 11) is 0. The van der Waals surface area contributed by atoms with Crippen molar-refractivity contribution < 1.29 is 13.9 Å². The fourth-order valence-corrected chi connectivity index (χ4v) is 4.51. The molecule has 144 valence electrons. The molecule has 0 bridgehead atoms. The van der Waals surface area contributed by atoms with Crippen LogP contribution >= 0.6 is 11.3 Å². The van der Waals surface area contributed by atoms with Crippen molar-refractivity contribution in [3.05, 3.63) is 46.2 Å². The number of piperidine rings is 1. The highest BCUT2D eigenvalue weighted by Gasteiger charge is 2.53. The second-order valence-electron chi connectivity index (χ2n) is 7.64. The first-order valence-corrected chi connectivity index (χ1v) is 10.3. The Bertz CT molecular complexity index is 802. The molecular formula is C20H24FN3O2S. The molecule has 5 nitrogen and oxygen atoms in total. The highest BCUT2D eigenvalue weighted by molar-refractivity contribution is 7.07. The summed E-state index contributed by atoms with van der Waals surface area (Å²) in [5.41, 5.74) is 3.01. The van der Waals surface area contributed by atoms with Crippen LogP contribution in [0.2, 0.25) is 0 Å². The summed E-state index contributed by atoms with van der Waals surface area (Å²) in [5.74, 6) is 1.67. The summed E-state index contributed by atoms with van der Waals surface area (Å²) >= 11 is 1.42. The number of benzene rings is 1. The Kier molecular flexibility index (Phi) is 5.14. The smallest absolute Gasteiger partial charge is 0.273 e. The molecule has 2 fully saturated rings. The van der Waals surface area contributed by atoms with Crippen LogP contribution in [0.1, 0.15) is 29.9 Å². The lowest BCUT2D eigenvalue weighted by atomic mass is 10.1. The summed E-state index contributed by atoms with van der Waals surface area (Å²) in [6, 6.07) is 4.83. The van der Waals surface area contributed by atoms with Crippen molar-refractivity contribution in [2.45, 2.75) is 26.5 Å². The van der Waals surface area contributed by atoms with Crippen LogP contribution < -0.4 is 10.1 Å². The van der Waals surface area contributed by atoms with Crippen molar-refractivity contribution >= 4 is 17.2 Å². The minimum absolute atomic E-state index is 0.0650. The number of rotatable bonds is 7. The molecule has 4 rings (SSSR count). The van der Waals surface area contributed by atoms with Gasteiger partial charge in [-0.2, -0.15) is 0 Å². The fourth-order valence-electron chi connectivity index (χ4n) is 3.98. The van der Waals surface area contributed by atoms with E-state index in [2.05, 4.69) is 10.3 Å². The Balaban J connectivity index is 1.52. The van der Waals surface area contributed by atoms with Gasteiger partial charge in [-0.3, -0.25) is 4.79 Å². The van der Waals surface area contributed by atoms with Crippen molar-refractivity contribution in [1.82, 2.24) is 15.2 Å². The van der Waals surface area contributed by atoms with E-state index in [-0.39, 0.29) is 23.6 Å². The molecule has 0 spiro atoms. The number of thiazole rings is 1. The van der Waals surface area contributed by atoms with E-state index in [1.807, 2.05) is 18.7 Å². The molecule has 2 atom stereocenters. The van der Waals surface area contributed by atoms with Crippen molar-refractivity contribution in [1.29, 1.82) is 0 Å². The first-order chi connectivity index (χ1) is 13.0. The number of ether oxygens (including phenoxy) is 1. The molecule has 2 aliphatic rings. The fraction of sp³-hybridized carbons (Fsp3) is 0.500. The van der Waals surface area contributed by atoms with Crippen LogP contribution in [0.25, 0.3) is 0 Å². The van der Waals surface area contributed by atoms with Crippen LogP contribution in [-0.4, -0.2) is 41.5 Å². The highest BCUT2D eigenvalue weighted by atomic mass is 32.1. The van der Waals surface area contributed by atoms with Gasteiger partial charge in [0.1, 0.15) is 5.69 Å². The van der Waals surface area contributed by atoms with Crippen LogP contribution in [0.5, 0.6) is 5.75 Å². The predicted octanol–water partition coefficient (Wildman–Crippen LogP) is 3.18. The number of hydrogen-bond donors (Lipinski definition) is 1.